The van der Waals surface area contributed by atoms with Crippen molar-refractivity contribution >= 4 is 32.3 Å². The molecule has 0 bridgehead atoms. The van der Waals surface area contributed by atoms with Crippen LogP contribution < -0.4 is 15.2 Å². The molecule has 3 aromatic rings. The van der Waals surface area contributed by atoms with Crippen molar-refractivity contribution in [3.8, 4) is 5.75 Å². The number of likely N-dealkylation sites (N-methyl/N-ethyl adjacent to an activating group) is 1. The van der Waals surface area contributed by atoms with Gasteiger partial charge in [0, 0.05) is 29.9 Å². The summed E-state index contributed by atoms with van der Waals surface area (Å²) in [6.07, 6.45) is 0.400. The average molecular weight is 431 g/mol. The van der Waals surface area contributed by atoms with Crippen LogP contribution in [-0.2, 0) is 16.6 Å². The highest BCUT2D eigenvalue weighted by Crippen LogP contribution is 2.18. The number of benzene rings is 2. The number of ether oxygens (including phenoxy) is 1. The smallest absolute Gasteiger partial charge is 0.229 e. The van der Waals surface area contributed by atoms with Crippen LogP contribution in [-0.4, -0.2) is 56.0 Å². The monoisotopic (exact) mass is 430 g/mol. The third-order valence-corrected chi connectivity index (χ3v) is 4.93. The molecule has 1 heterocycles. The maximum absolute atomic E-state index is 11.2. The van der Waals surface area contributed by atoms with E-state index in [1.807, 2.05) is 42.3 Å². The fraction of sp³-hybridized carbons (Fsp3) is 0.286. The summed E-state index contributed by atoms with van der Waals surface area (Å²) in [5.74, 6) is 0.547. The lowest BCUT2D eigenvalue weighted by Gasteiger charge is -2.20. The van der Waals surface area contributed by atoms with Gasteiger partial charge in [0.15, 0.2) is 0 Å². The van der Waals surface area contributed by atoms with Gasteiger partial charge in [0.2, 0.25) is 10.0 Å². The molecule has 0 aliphatic carbocycles. The molecule has 0 aliphatic heterocycles. The summed E-state index contributed by atoms with van der Waals surface area (Å²) in [6.45, 7) is 1.12. The number of aliphatic hydroxyl groups excluding tert-OH is 1. The van der Waals surface area contributed by atoms with Crippen LogP contribution in [0.5, 0.6) is 5.75 Å². The van der Waals surface area contributed by atoms with Gasteiger partial charge in [0.25, 0.3) is 0 Å². The molecule has 30 heavy (non-hydrogen) atoms. The zero-order valence-electron chi connectivity index (χ0n) is 16.9. The quantitative estimate of drug-likeness (QED) is 0.445. The van der Waals surface area contributed by atoms with Crippen molar-refractivity contribution in [2.75, 3.05) is 36.9 Å². The molecule has 0 fully saturated rings. The molecule has 0 spiro atoms. The van der Waals surface area contributed by atoms with Gasteiger partial charge >= 0.3 is 0 Å². The number of aromatic nitrogens is 1. The van der Waals surface area contributed by atoms with Crippen LogP contribution in [0.4, 0.5) is 11.4 Å². The summed E-state index contributed by atoms with van der Waals surface area (Å²) < 4.78 is 30.4. The Hall–Kier alpha value is -2.88. The maximum atomic E-state index is 11.2. The summed E-state index contributed by atoms with van der Waals surface area (Å²) in [5.41, 5.74) is 8.74. The van der Waals surface area contributed by atoms with E-state index < -0.39 is 16.1 Å². The van der Waals surface area contributed by atoms with Crippen LogP contribution >= 0.6 is 0 Å². The van der Waals surface area contributed by atoms with Crippen molar-refractivity contribution in [3.05, 3.63) is 60.3 Å². The number of hydrogen-bond acceptors (Lipinski definition) is 7. The molecule has 1 unspecified atom stereocenters. The Balaban J connectivity index is 1.48. The van der Waals surface area contributed by atoms with Gasteiger partial charge in [0.05, 0.1) is 17.5 Å². The third kappa shape index (κ3) is 6.58. The molecule has 2 aromatic carbocycles. The van der Waals surface area contributed by atoms with Crippen molar-refractivity contribution in [1.82, 2.24) is 9.88 Å². The molecule has 8 nitrogen and oxygen atoms in total. The molecular formula is C21H26N4O4S. The maximum Gasteiger partial charge on any atom is 0.229 e. The largest absolute Gasteiger partial charge is 0.491 e. The number of fused-ring (bicyclic) bond motifs is 1. The lowest BCUT2D eigenvalue weighted by Crippen LogP contribution is -2.33. The molecule has 4 N–H and O–H groups in total. The fourth-order valence-corrected chi connectivity index (χ4v) is 3.62. The van der Waals surface area contributed by atoms with E-state index in [2.05, 4.69) is 9.71 Å². The summed E-state index contributed by atoms with van der Waals surface area (Å²) in [7, 11) is -1.41. The summed E-state index contributed by atoms with van der Waals surface area (Å²) in [5, 5.41) is 11.3. The average Bonchev–Trinajstić information content (AvgIpc) is 2.66. The Morgan fingerprint density at radius 3 is 2.60 bits per heavy atom. The van der Waals surface area contributed by atoms with E-state index in [0.717, 1.165) is 22.9 Å². The summed E-state index contributed by atoms with van der Waals surface area (Å²) in [6, 6.07) is 16.1. The highest BCUT2D eigenvalue weighted by Gasteiger charge is 2.11. The van der Waals surface area contributed by atoms with Crippen LogP contribution in [0.1, 0.15) is 5.69 Å². The number of pyridine rings is 1. The molecule has 0 saturated carbocycles. The number of rotatable bonds is 9. The van der Waals surface area contributed by atoms with Crippen LogP contribution in [0, 0.1) is 0 Å². The second-order valence-corrected chi connectivity index (χ2v) is 9.06. The van der Waals surface area contributed by atoms with Crippen molar-refractivity contribution in [1.29, 1.82) is 0 Å². The SMILES string of the molecule is CN(Cc1ccc2cc(N)ccc2n1)CC(O)COc1ccc(NS(C)(=O)=O)cc1. The van der Waals surface area contributed by atoms with E-state index in [1.54, 1.807) is 24.3 Å². The van der Waals surface area contributed by atoms with Gasteiger partial charge < -0.3 is 15.6 Å². The van der Waals surface area contributed by atoms with E-state index in [9.17, 15) is 13.5 Å². The lowest BCUT2D eigenvalue weighted by molar-refractivity contribution is 0.0741. The van der Waals surface area contributed by atoms with E-state index >= 15 is 0 Å². The zero-order chi connectivity index (χ0) is 21.7. The number of nitrogen functional groups attached to an aromatic ring is 1. The highest BCUT2D eigenvalue weighted by molar-refractivity contribution is 7.92. The minimum atomic E-state index is -3.32. The van der Waals surface area contributed by atoms with E-state index in [4.69, 9.17) is 10.5 Å². The second kappa shape index (κ2) is 9.29. The van der Waals surface area contributed by atoms with Crippen molar-refractivity contribution in [3.63, 3.8) is 0 Å². The predicted octanol–water partition coefficient (Wildman–Crippen LogP) is 2.06. The molecule has 1 aromatic heterocycles. The van der Waals surface area contributed by atoms with Gasteiger partial charge in [-0.2, -0.15) is 0 Å². The normalized spacial score (nSPS) is 12.8. The Kier molecular flexibility index (Phi) is 6.76. The first-order valence-corrected chi connectivity index (χ1v) is 11.3. The topological polar surface area (TPSA) is 118 Å². The van der Waals surface area contributed by atoms with Gasteiger partial charge in [-0.1, -0.05) is 6.07 Å². The summed E-state index contributed by atoms with van der Waals surface area (Å²) >= 11 is 0. The number of nitrogens with two attached hydrogens (primary N) is 1. The molecular weight excluding hydrogens is 404 g/mol. The second-order valence-electron chi connectivity index (χ2n) is 7.31. The number of aliphatic hydroxyl groups is 1. The minimum Gasteiger partial charge on any atom is -0.491 e. The number of hydrogen-bond donors (Lipinski definition) is 3. The molecule has 0 aliphatic rings. The standard InChI is InChI=1S/C21H26N4O4S/c1-25(12-18-5-3-15-11-16(22)4-10-21(15)23-18)13-19(26)14-29-20-8-6-17(7-9-20)24-30(2,27)28/h3-11,19,24,26H,12-14,22H2,1-2H3. The predicted molar refractivity (Wildman–Crippen MR) is 119 cm³/mol. The first kappa shape index (κ1) is 21.8. The molecule has 0 radical (unpaired) electrons. The first-order chi connectivity index (χ1) is 14.2. The van der Waals surface area contributed by atoms with E-state index in [1.165, 1.54) is 0 Å². The van der Waals surface area contributed by atoms with Crippen molar-refractivity contribution in [2.24, 2.45) is 0 Å². The molecule has 1 atom stereocenters. The van der Waals surface area contributed by atoms with Gasteiger partial charge in [-0.25, -0.2) is 8.42 Å². The van der Waals surface area contributed by atoms with Crippen LogP contribution in [0.15, 0.2) is 54.6 Å². The fourth-order valence-electron chi connectivity index (χ4n) is 3.05. The Morgan fingerprint density at radius 1 is 1.17 bits per heavy atom. The van der Waals surface area contributed by atoms with Crippen molar-refractivity contribution in [2.45, 2.75) is 12.6 Å². The molecule has 9 heteroatoms. The zero-order valence-corrected chi connectivity index (χ0v) is 17.8. The number of nitrogens with zero attached hydrogens (tertiary/aromatic N) is 2. The van der Waals surface area contributed by atoms with Gasteiger partial charge in [0.1, 0.15) is 18.5 Å². The molecule has 0 amide bonds. The van der Waals surface area contributed by atoms with Crippen LogP contribution in [0.25, 0.3) is 10.9 Å². The van der Waals surface area contributed by atoms with E-state index in [0.29, 0.717) is 30.2 Å². The number of anilines is 2. The van der Waals surface area contributed by atoms with Crippen LogP contribution in [0.3, 0.4) is 0 Å². The number of nitrogens with one attached hydrogen (secondary N) is 1. The first-order valence-electron chi connectivity index (χ1n) is 9.40. The Labute approximate surface area is 176 Å². The minimum absolute atomic E-state index is 0.119. The summed E-state index contributed by atoms with van der Waals surface area (Å²) in [4.78, 5) is 6.60. The van der Waals surface area contributed by atoms with E-state index in [-0.39, 0.29) is 6.61 Å². The number of sulfonamides is 1. The molecule has 0 saturated heterocycles. The third-order valence-electron chi connectivity index (χ3n) is 4.33. The highest BCUT2D eigenvalue weighted by atomic mass is 32.2. The Morgan fingerprint density at radius 2 is 1.90 bits per heavy atom. The van der Waals surface area contributed by atoms with Crippen LogP contribution in [0.2, 0.25) is 0 Å². The lowest BCUT2D eigenvalue weighted by atomic mass is 10.2. The van der Waals surface area contributed by atoms with Gasteiger partial charge in [-0.15, -0.1) is 0 Å². The molecule has 3 rings (SSSR count). The molecule has 160 valence electrons. The van der Waals surface area contributed by atoms with Gasteiger partial charge in [-0.3, -0.25) is 14.6 Å². The van der Waals surface area contributed by atoms with Gasteiger partial charge in [-0.05, 0) is 55.6 Å². The Bertz CT molecular complexity index is 1100. The van der Waals surface area contributed by atoms with Crippen molar-refractivity contribution < 1.29 is 18.3 Å².